The van der Waals surface area contributed by atoms with Crippen LogP contribution in [0.4, 0.5) is 5.82 Å². The summed E-state index contributed by atoms with van der Waals surface area (Å²) < 4.78 is 5.43. The lowest BCUT2D eigenvalue weighted by molar-refractivity contribution is -0.124. The van der Waals surface area contributed by atoms with Gasteiger partial charge in [-0.05, 0) is 129 Å². The number of methoxy groups -OCH3 is 1. The number of nitrogens with one attached hydrogen (secondary N) is 1. The van der Waals surface area contributed by atoms with Crippen molar-refractivity contribution in [2.45, 2.75) is 114 Å². The molecule has 7 N–H and O–H groups in total. The summed E-state index contributed by atoms with van der Waals surface area (Å²) in [7, 11) is 1.49. The summed E-state index contributed by atoms with van der Waals surface area (Å²) in [6, 6.07) is 17.4. The molecule has 2 aliphatic carbocycles. The van der Waals surface area contributed by atoms with E-state index in [1.54, 1.807) is 18.3 Å². The number of aliphatic hydroxyl groups excluding tert-OH is 3. The van der Waals surface area contributed by atoms with Gasteiger partial charge in [-0.15, -0.1) is 0 Å². The van der Waals surface area contributed by atoms with Gasteiger partial charge in [0.25, 0.3) is 0 Å². The van der Waals surface area contributed by atoms with Gasteiger partial charge < -0.3 is 36.2 Å². The van der Waals surface area contributed by atoms with Crippen molar-refractivity contribution in [2.24, 2.45) is 23.7 Å². The minimum Gasteiger partial charge on any atom is -0.504 e. The Kier molecular flexibility index (Phi) is 15.5. The molecule has 3 aromatic rings. The molecule has 9 atom stereocenters. The van der Waals surface area contributed by atoms with Gasteiger partial charge in [0, 0.05) is 49.9 Å². The summed E-state index contributed by atoms with van der Waals surface area (Å²) in [4.78, 5) is 29.9. The minimum atomic E-state index is -0.951. The Balaban J connectivity index is 1.15. The molecular formula is C48H61N3O7. The number of allylic oxidation sites excluding steroid dienone is 1. The quantitative estimate of drug-likeness (QED) is 0.0829. The maximum absolute atomic E-state index is 13.7. The van der Waals surface area contributed by atoms with Crippen LogP contribution in [0.1, 0.15) is 111 Å². The molecule has 2 heterocycles. The molecule has 0 bridgehead atoms. The smallest absolute Gasteiger partial charge is 0.160 e. The minimum absolute atomic E-state index is 0.0183. The molecule has 310 valence electrons. The topological polar surface area (TPSA) is 175 Å². The van der Waals surface area contributed by atoms with E-state index in [1.807, 2.05) is 48.5 Å². The molecule has 2 aromatic carbocycles. The predicted octanol–water partition coefficient (Wildman–Crippen LogP) is 6.50. The molecule has 9 unspecified atom stereocenters. The number of aromatic hydroxyl groups is 1. The number of Topliss-reactive ketones (excluding diaryl/α,β-unsaturated/α-hetero) is 2. The molecule has 1 saturated carbocycles. The molecule has 58 heavy (non-hydrogen) atoms. The fraction of sp³-hybridized carbons (Fsp3) is 0.521. The third kappa shape index (κ3) is 11.6. The molecule has 1 aromatic heterocycles. The molecule has 10 heteroatoms. The highest BCUT2D eigenvalue weighted by Crippen LogP contribution is 2.39. The van der Waals surface area contributed by atoms with Gasteiger partial charge in [-0.1, -0.05) is 60.7 Å². The number of rotatable bonds is 17. The van der Waals surface area contributed by atoms with Crippen LogP contribution in [0.2, 0.25) is 0 Å². The summed E-state index contributed by atoms with van der Waals surface area (Å²) >= 11 is 0. The Morgan fingerprint density at radius 2 is 1.84 bits per heavy atom. The summed E-state index contributed by atoms with van der Waals surface area (Å²) in [6.07, 6.45) is 11.9. The van der Waals surface area contributed by atoms with Gasteiger partial charge in [-0.25, -0.2) is 4.98 Å². The molecule has 1 saturated heterocycles. The number of hydrogen-bond acceptors (Lipinski definition) is 10. The van der Waals surface area contributed by atoms with E-state index in [9.17, 15) is 30.0 Å². The van der Waals surface area contributed by atoms with E-state index in [1.165, 1.54) is 7.11 Å². The second-order valence-electron chi connectivity index (χ2n) is 16.7. The number of aryl methyl sites for hydroxylation is 1. The van der Waals surface area contributed by atoms with Crippen molar-refractivity contribution in [3.63, 3.8) is 0 Å². The van der Waals surface area contributed by atoms with E-state index in [-0.39, 0.29) is 42.4 Å². The Hall–Kier alpha value is -4.53. The van der Waals surface area contributed by atoms with Crippen LogP contribution in [0.25, 0.3) is 6.08 Å². The van der Waals surface area contributed by atoms with E-state index in [0.717, 1.165) is 48.1 Å². The fourth-order valence-corrected chi connectivity index (χ4v) is 9.47. The maximum Gasteiger partial charge on any atom is 0.160 e. The molecular weight excluding hydrogens is 731 g/mol. The SMILES string of the molecule is COc1cc2c(cc1O)C(CCC(O)CC(C=Cc1ccccc1)c1ccnc(N)c1)C#CC(C(O)CCCC(CCO)C1CNC3CC(=O)CCC3C1)C(=O)CC2. The number of aliphatic hydroxyl groups is 3. The second-order valence-corrected chi connectivity index (χ2v) is 16.7. The number of phenols is 1. The number of benzene rings is 2. The van der Waals surface area contributed by atoms with Crippen molar-refractivity contribution in [1.82, 2.24) is 10.3 Å². The van der Waals surface area contributed by atoms with Gasteiger partial charge in [0.2, 0.25) is 0 Å². The number of anilines is 1. The number of pyridine rings is 1. The highest BCUT2D eigenvalue weighted by atomic mass is 16.5. The van der Waals surface area contributed by atoms with Crippen LogP contribution in [0.15, 0.2) is 66.9 Å². The second kappa shape index (κ2) is 20.9. The number of ketones is 2. The van der Waals surface area contributed by atoms with E-state index < -0.39 is 24.0 Å². The highest BCUT2D eigenvalue weighted by Gasteiger charge is 2.37. The molecule has 10 nitrogen and oxygen atoms in total. The van der Waals surface area contributed by atoms with Crippen molar-refractivity contribution in [1.29, 1.82) is 0 Å². The number of nitrogens with zero attached hydrogens (tertiary/aromatic N) is 1. The average Bonchev–Trinajstić information content (AvgIpc) is 3.28. The third-order valence-electron chi connectivity index (χ3n) is 12.8. The van der Waals surface area contributed by atoms with Gasteiger partial charge >= 0.3 is 0 Å². The van der Waals surface area contributed by atoms with Crippen LogP contribution in [0, 0.1) is 35.5 Å². The molecule has 2 fully saturated rings. The third-order valence-corrected chi connectivity index (χ3v) is 12.8. The van der Waals surface area contributed by atoms with Crippen molar-refractivity contribution in [3.05, 3.63) is 89.1 Å². The number of piperidine rings is 1. The fourth-order valence-electron chi connectivity index (χ4n) is 9.47. The summed E-state index contributed by atoms with van der Waals surface area (Å²) in [6.45, 7) is 0.929. The zero-order valence-electron chi connectivity index (χ0n) is 33.8. The number of carbonyl (C=O) groups excluding carboxylic acids is 2. The first kappa shape index (κ1) is 43.1. The number of nitrogen functional groups attached to an aromatic ring is 1. The Labute approximate surface area is 343 Å². The van der Waals surface area contributed by atoms with Gasteiger partial charge in [-0.2, -0.15) is 0 Å². The van der Waals surface area contributed by atoms with Crippen molar-refractivity contribution >= 4 is 23.5 Å². The lowest BCUT2D eigenvalue weighted by atomic mass is 9.71. The van der Waals surface area contributed by atoms with Gasteiger partial charge in [0.15, 0.2) is 17.3 Å². The standard InChI is InChI=1S/C48H61N3O7/c1-58-47-26-36-15-19-45(56)41(44(55)9-5-8-32(21-23-52)38-24-37-13-17-40(54)28-43(37)51-30-38)18-14-33(42(36)29-46(47)57)12-16-39(53)25-34(35-20-22-50-48(49)27-35)11-10-31-6-3-2-4-7-31/h2-4,6-7,10-11,20,22,26-27,29,32-34,37-39,41,43-44,51-53,55,57H,5,8-9,12-13,15-17,19,21,23-25,28,30H2,1H3,(H2,49,50). The van der Waals surface area contributed by atoms with E-state index in [2.05, 4.69) is 28.2 Å². The Bertz CT molecular complexity index is 1920. The average molecular weight is 792 g/mol. The Morgan fingerprint density at radius 1 is 1.02 bits per heavy atom. The van der Waals surface area contributed by atoms with E-state index in [0.29, 0.717) is 87.0 Å². The van der Waals surface area contributed by atoms with Gasteiger partial charge in [-0.3, -0.25) is 9.59 Å². The molecule has 3 aliphatic rings. The number of aromatic nitrogens is 1. The van der Waals surface area contributed by atoms with Gasteiger partial charge in [0.1, 0.15) is 17.5 Å². The highest BCUT2D eigenvalue weighted by molar-refractivity contribution is 5.85. The van der Waals surface area contributed by atoms with Crippen LogP contribution in [-0.2, 0) is 16.0 Å². The number of carbonyl (C=O) groups is 2. The number of nitrogens with two attached hydrogens (primary N) is 1. The van der Waals surface area contributed by atoms with Crippen LogP contribution < -0.4 is 15.8 Å². The van der Waals surface area contributed by atoms with E-state index in [4.69, 9.17) is 10.5 Å². The number of phenolic OH excluding ortho intramolecular Hbond substituents is 1. The zero-order chi connectivity index (χ0) is 41.0. The largest absolute Gasteiger partial charge is 0.504 e. The van der Waals surface area contributed by atoms with Crippen LogP contribution in [0.5, 0.6) is 11.5 Å². The summed E-state index contributed by atoms with van der Waals surface area (Å²) in [5.74, 6) is 7.20. The van der Waals surface area contributed by atoms with Crippen LogP contribution in [-0.4, -0.2) is 75.5 Å². The predicted molar refractivity (Wildman–Crippen MR) is 226 cm³/mol. The van der Waals surface area contributed by atoms with Crippen molar-refractivity contribution < 1.29 is 34.8 Å². The number of fused-ring (bicyclic) bond motifs is 2. The summed E-state index contributed by atoms with van der Waals surface area (Å²) in [5, 5.41) is 47.5. The van der Waals surface area contributed by atoms with Crippen LogP contribution in [0.3, 0.4) is 0 Å². The summed E-state index contributed by atoms with van der Waals surface area (Å²) in [5.41, 5.74) is 9.69. The lowest BCUT2D eigenvalue weighted by Crippen LogP contribution is -2.50. The van der Waals surface area contributed by atoms with Gasteiger partial charge in [0.05, 0.1) is 19.3 Å². The normalized spacial score (nSPS) is 24.2. The molecule has 0 radical (unpaired) electrons. The number of hydrogen-bond donors (Lipinski definition) is 6. The first-order valence-electron chi connectivity index (χ1n) is 21.2. The maximum atomic E-state index is 13.7. The zero-order valence-corrected chi connectivity index (χ0v) is 33.8. The molecule has 0 amide bonds. The van der Waals surface area contributed by atoms with Crippen LogP contribution >= 0.6 is 0 Å². The number of ether oxygens (including phenoxy) is 1. The molecule has 0 spiro atoms. The Morgan fingerprint density at radius 3 is 2.62 bits per heavy atom. The molecule has 1 aliphatic heterocycles. The molecule has 6 rings (SSSR count). The monoisotopic (exact) mass is 791 g/mol. The van der Waals surface area contributed by atoms with Crippen molar-refractivity contribution in [3.8, 4) is 23.3 Å². The lowest BCUT2D eigenvalue weighted by Gasteiger charge is -2.42. The first-order chi connectivity index (χ1) is 28.1. The van der Waals surface area contributed by atoms with Crippen molar-refractivity contribution in [2.75, 3.05) is 26.0 Å². The van der Waals surface area contributed by atoms with E-state index >= 15 is 0 Å². The first-order valence-corrected chi connectivity index (χ1v) is 21.2.